The molecule has 146 valence electrons. The Balaban J connectivity index is 1.97. The number of sulfone groups is 1. The minimum absolute atomic E-state index is 0.0271. The smallest absolute Gasteiger partial charge is 0.270 e. The van der Waals surface area contributed by atoms with Gasteiger partial charge in [-0.05, 0) is 18.2 Å². The highest BCUT2D eigenvalue weighted by molar-refractivity contribution is 7.90. The van der Waals surface area contributed by atoms with E-state index < -0.39 is 21.2 Å². The summed E-state index contributed by atoms with van der Waals surface area (Å²) in [5.74, 6) is -0.698. The number of benzene rings is 2. The summed E-state index contributed by atoms with van der Waals surface area (Å²) in [5.41, 5.74) is 2.40. The first-order chi connectivity index (χ1) is 13.8. The van der Waals surface area contributed by atoms with Crippen LogP contribution in [0.4, 0.5) is 10.3 Å². The molecule has 0 saturated heterocycles. The van der Waals surface area contributed by atoms with E-state index in [2.05, 4.69) is 20.5 Å². The quantitative estimate of drug-likeness (QED) is 0.377. The molecule has 8 nitrogen and oxygen atoms in total. The molecule has 29 heavy (non-hydrogen) atoms. The first-order valence-corrected chi connectivity index (χ1v) is 10.1. The Labute approximate surface area is 165 Å². The van der Waals surface area contributed by atoms with E-state index in [0.717, 1.165) is 30.7 Å². The number of aromatic amines is 1. The lowest BCUT2D eigenvalue weighted by molar-refractivity contribution is 0.600. The number of nitriles is 1. The fourth-order valence-corrected chi connectivity index (χ4v) is 3.41. The molecule has 0 unspecified atom stereocenters. The Morgan fingerprint density at radius 1 is 1.24 bits per heavy atom. The molecule has 0 aliphatic heterocycles. The molecule has 0 fully saturated rings. The molecule has 0 spiro atoms. The van der Waals surface area contributed by atoms with Crippen LogP contribution >= 0.6 is 0 Å². The first-order valence-electron chi connectivity index (χ1n) is 8.18. The van der Waals surface area contributed by atoms with Gasteiger partial charge in [0.1, 0.15) is 17.4 Å². The van der Waals surface area contributed by atoms with E-state index in [4.69, 9.17) is 0 Å². The minimum atomic E-state index is -3.60. The SMILES string of the molecule is CS(=O)(=O)c1ccc(F)cc1C=NNc1nc(-c2ccccc2)c(C#N)c(=O)[nH]1. The average Bonchev–Trinajstić information content (AvgIpc) is 2.67. The fourth-order valence-electron chi connectivity index (χ4n) is 2.56. The monoisotopic (exact) mass is 411 g/mol. The molecule has 0 radical (unpaired) electrons. The van der Waals surface area contributed by atoms with Crippen LogP contribution in [0.2, 0.25) is 0 Å². The number of nitrogens with zero attached hydrogens (tertiary/aromatic N) is 3. The molecular formula is C19H14FN5O3S. The van der Waals surface area contributed by atoms with Crippen LogP contribution in [-0.2, 0) is 9.84 Å². The van der Waals surface area contributed by atoms with Crippen LogP contribution in [0, 0.1) is 17.1 Å². The van der Waals surface area contributed by atoms with Crippen molar-refractivity contribution in [3.63, 3.8) is 0 Å². The molecule has 0 saturated carbocycles. The number of rotatable bonds is 5. The molecule has 3 rings (SSSR count). The third-order valence-electron chi connectivity index (χ3n) is 3.82. The summed E-state index contributed by atoms with van der Waals surface area (Å²) >= 11 is 0. The highest BCUT2D eigenvalue weighted by Crippen LogP contribution is 2.19. The third kappa shape index (κ3) is 4.53. The summed E-state index contributed by atoms with van der Waals surface area (Å²) in [4.78, 5) is 18.7. The van der Waals surface area contributed by atoms with Gasteiger partial charge in [-0.2, -0.15) is 10.4 Å². The van der Waals surface area contributed by atoms with Gasteiger partial charge in [0.05, 0.1) is 16.8 Å². The number of halogens is 1. The predicted molar refractivity (Wildman–Crippen MR) is 106 cm³/mol. The number of hydrazone groups is 1. The zero-order valence-electron chi connectivity index (χ0n) is 15.0. The molecule has 0 aliphatic carbocycles. The normalized spacial score (nSPS) is 11.3. The zero-order valence-corrected chi connectivity index (χ0v) is 15.9. The maximum Gasteiger partial charge on any atom is 0.270 e. The van der Waals surface area contributed by atoms with Crippen molar-refractivity contribution in [2.45, 2.75) is 4.90 Å². The van der Waals surface area contributed by atoms with E-state index in [1.54, 1.807) is 30.3 Å². The van der Waals surface area contributed by atoms with Crippen LogP contribution in [0.3, 0.4) is 0 Å². The number of aromatic nitrogens is 2. The van der Waals surface area contributed by atoms with Gasteiger partial charge in [0, 0.05) is 17.4 Å². The Hall–Kier alpha value is -3.84. The van der Waals surface area contributed by atoms with Crippen LogP contribution < -0.4 is 11.0 Å². The lowest BCUT2D eigenvalue weighted by Crippen LogP contribution is -2.16. The Kier molecular flexibility index (Phi) is 5.52. The van der Waals surface area contributed by atoms with Gasteiger partial charge in [-0.25, -0.2) is 23.2 Å². The van der Waals surface area contributed by atoms with Crippen LogP contribution in [0.15, 0.2) is 63.3 Å². The standard InChI is InChI=1S/C19H14FN5O3S/c1-29(27,28)16-8-7-14(20)9-13(16)11-22-25-19-23-17(12-5-3-2-4-6-12)15(10-21)18(26)24-19/h2-9,11H,1H3,(H2,23,24,25,26). The van der Waals surface area contributed by atoms with Gasteiger partial charge < -0.3 is 0 Å². The molecule has 10 heteroatoms. The summed E-state index contributed by atoms with van der Waals surface area (Å²) in [5, 5.41) is 13.1. The molecule has 0 bridgehead atoms. The van der Waals surface area contributed by atoms with E-state index in [1.165, 1.54) is 0 Å². The number of anilines is 1. The molecule has 3 aromatic rings. The summed E-state index contributed by atoms with van der Waals surface area (Å²) in [6.07, 6.45) is 2.09. The number of nitrogens with one attached hydrogen (secondary N) is 2. The fraction of sp³-hybridized carbons (Fsp3) is 0.0526. The van der Waals surface area contributed by atoms with Crippen molar-refractivity contribution < 1.29 is 12.8 Å². The highest BCUT2D eigenvalue weighted by atomic mass is 32.2. The van der Waals surface area contributed by atoms with Gasteiger partial charge in [0.25, 0.3) is 5.56 Å². The van der Waals surface area contributed by atoms with E-state index in [1.807, 2.05) is 6.07 Å². The number of H-pyrrole nitrogens is 1. The second-order valence-corrected chi connectivity index (χ2v) is 7.92. The Morgan fingerprint density at radius 3 is 2.62 bits per heavy atom. The van der Waals surface area contributed by atoms with E-state index in [0.29, 0.717) is 5.56 Å². The molecule has 0 amide bonds. The highest BCUT2D eigenvalue weighted by Gasteiger charge is 2.14. The number of hydrogen-bond acceptors (Lipinski definition) is 7. The molecule has 1 heterocycles. The van der Waals surface area contributed by atoms with Gasteiger partial charge in [-0.3, -0.25) is 9.78 Å². The van der Waals surface area contributed by atoms with Crippen molar-refractivity contribution in [1.29, 1.82) is 5.26 Å². The summed E-state index contributed by atoms with van der Waals surface area (Å²) in [6, 6.07) is 13.7. The van der Waals surface area contributed by atoms with Gasteiger partial charge in [-0.1, -0.05) is 30.3 Å². The van der Waals surface area contributed by atoms with Crippen LogP contribution in [0.1, 0.15) is 11.1 Å². The molecule has 0 atom stereocenters. The van der Waals surface area contributed by atoms with Crippen LogP contribution in [0.25, 0.3) is 11.3 Å². The summed E-state index contributed by atoms with van der Waals surface area (Å²) in [6.45, 7) is 0. The van der Waals surface area contributed by atoms with E-state index in [-0.39, 0.29) is 27.7 Å². The van der Waals surface area contributed by atoms with Crippen molar-refractivity contribution >= 4 is 22.0 Å². The largest absolute Gasteiger partial charge is 0.290 e. The molecule has 2 N–H and O–H groups in total. The molecule has 2 aromatic carbocycles. The second-order valence-electron chi connectivity index (χ2n) is 5.94. The maximum atomic E-state index is 13.5. The maximum absolute atomic E-state index is 13.5. The van der Waals surface area contributed by atoms with Gasteiger partial charge in [0.15, 0.2) is 9.84 Å². The van der Waals surface area contributed by atoms with Crippen LogP contribution in [-0.4, -0.2) is 30.9 Å². The Bertz CT molecular complexity index is 1300. The Morgan fingerprint density at radius 2 is 1.97 bits per heavy atom. The van der Waals surface area contributed by atoms with E-state index in [9.17, 15) is 22.9 Å². The van der Waals surface area contributed by atoms with Gasteiger partial charge in [-0.15, -0.1) is 0 Å². The van der Waals surface area contributed by atoms with Crippen molar-refractivity contribution in [2.24, 2.45) is 5.10 Å². The lowest BCUT2D eigenvalue weighted by Gasteiger charge is -2.06. The molecular weight excluding hydrogens is 397 g/mol. The van der Waals surface area contributed by atoms with Crippen molar-refractivity contribution in [2.75, 3.05) is 11.7 Å². The summed E-state index contributed by atoms with van der Waals surface area (Å²) < 4.78 is 37.1. The topological polar surface area (TPSA) is 128 Å². The van der Waals surface area contributed by atoms with Crippen molar-refractivity contribution in [3.05, 3.63) is 75.8 Å². The van der Waals surface area contributed by atoms with Crippen LogP contribution in [0.5, 0.6) is 0 Å². The van der Waals surface area contributed by atoms with Gasteiger partial charge >= 0.3 is 0 Å². The minimum Gasteiger partial charge on any atom is -0.290 e. The lowest BCUT2D eigenvalue weighted by atomic mass is 10.1. The third-order valence-corrected chi connectivity index (χ3v) is 4.99. The first kappa shape index (κ1) is 19.9. The number of hydrogen-bond donors (Lipinski definition) is 2. The zero-order chi connectivity index (χ0) is 21.0. The van der Waals surface area contributed by atoms with E-state index >= 15 is 0 Å². The predicted octanol–water partition coefficient (Wildman–Crippen LogP) is 2.30. The summed E-state index contributed by atoms with van der Waals surface area (Å²) in [7, 11) is -3.60. The van der Waals surface area contributed by atoms with Crippen molar-refractivity contribution in [3.8, 4) is 17.3 Å². The molecule has 1 aromatic heterocycles. The average molecular weight is 411 g/mol. The van der Waals surface area contributed by atoms with Crippen molar-refractivity contribution in [1.82, 2.24) is 9.97 Å². The van der Waals surface area contributed by atoms with Gasteiger partial charge in [0.2, 0.25) is 5.95 Å². The molecule has 0 aliphatic rings. The second kappa shape index (κ2) is 8.04.